The summed E-state index contributed by atoms with van der Waals surface area (Å²) < 4.78 is 16.3. The topological polar surface area (TPSA) is 41.4 Å². The van der Waals surface area contributed by atoms with Crippen molar-refractivity contribution in [2.24, 2.45) is 0 Å². The van der Waals surface area contributed by atoms with Crippen LogP contribution in [-0.2, 0) is 17.8 Å². The van der Waals surface area contributed by atoms with Crippen molar-refractivity contribution in [1.82, 2.24) is 14.5 Å². The molecule has 1 amide bonds. The monoisotopic (exact) mass is 476 g/mol. The first kappa shape index (κ1) is 22.4. The van der Waals surface area contributed by atoms with Gasteiger partial charge in [0.15, 0.2) is 0 Å². The van der Waals surface area contributed by atoms with E-state index >= 15 is 0 Å². The van der Waals surface area contributed by atoms with Crippen LogP contribution in [0, 0.1) is 5.82 Å². The zero-order valence-corrected chi connectivity index (χ0v) is 19.6. The molecule has 0 N–H and O–H groups in total. The van der Waals surface area contributed by atoms with E-state index in [1.165, 1.54) is 6.07 Å². The van der Waals surface area contributed by atoms with Crippen molar-refractivity contribution in [3.63, 3.8) is 0 Å². The number of rotatable bonds is 6. The Morgan fingerprint density at radius 2 is 1.71 bits per heavy atom. The van der Waals surface area contributed by atoms with Crippen LogP contribution in [-0.4, -0.2) is 46.5 Å². The molecule has 1 aromatic heterocycles. The van der Waals surface area contributed by atoms with Gasteiger partial charge in [0.25, 0.3) is 0 Å². The molecule has 1 fully saturated rings. The molecule has 7 heteroatoms. The SMILES string of the molecule is O=C(CCn1c(Cc2cccc(Cl)c2)nc2ccccc21)N1CCN(c2ccccc2F)CC1. The van der Waals surface area contributed by atoms with E-state index in [0.29, 0.717) is 56.3 Å². The molecule has 5 rings (SSSR count). The Balaban J connectivity index is 1.27. The number of halogens is 2. The Bertz CT molecular complexity index is 1310. The number of nitrogens with zero attached hydrogens (tertiary/aromatic N) is 4. The van der Waals surface area contributed by atoms with Crippen molar-refractivity contribution in [3.05, 3.63) is 95.0 Å². The number of carbonyl (C=O) groups is 1. The average Bonchev–Trinajstić information content (AvgIpc) is 3.20. The molecule has 3 aromatic carbocycles. The quantitative estimate of drug-likeness (QED) is 0.386. The summed E-state index contributed by atoms with van der Waals surface area (Å²) in [5, 5.41) is 0.699. The average molecular weight is 477 g/mol. The molecule has 34 heavy (non-hydrogen) atoms. The fourth-order valence-electron chi connectivity index (χ4n) is 4.61. The highest BCUT2D eigenvalue weighted by atomic mass is 35.5. The Kier molecular flexibility index (Phi) is 6.50. The second-order valence-electron chi connectivity index (χ2n) is 8.54. The van der Waals surface area contributed by atoms with Gasteiger partial charge >= 0.3 is 0 Å². The van der Waals surface area contributed by atoms with Gasteiger partial charge in [-0.2, -0.15) is 0 Å². The molecule has 0 atom stereocenters. The third kappa shape index (κ3) is 4.77. The van der Waals surface area contributed by atoms with Crippen LogP contribution in [0.4, 0.5) is 10.1 Å². The zero-order chi connectivity index (χ0) is 23.5. The molecular weight excluding hydrogens is 451 g/mol. The van der Waals surface area contributed by atoms with E-state index < -0.39 is 0 Å². The second-order valence-corrected chi connectivity index (χ2v) is 8.98. The highest BCUT2D eigenvalue weighted by molar-refractivity contribution is 6.30. The molecule has 0 aliphatic carbocycles. The van der Waals surface area contributed by atoms with Gasteiger partial charge in [0.1, 0.15) is 11.6 Å². The molecule has 2 heterocycles. The van der Waals surface area contributed by atoms with Crippen molar-refractivity contribution >= 4 is 34.2 Å². The minimum atomic E-state index is -0.221. The number of benzene rings is 3. The Hall–Kier alpha value is -3.38. The van der Waals surface area contributed by atoms with Gasteiger partial charge in [0.05, 0.1) is 16.7 Å². The fourth-order valence-corrected chi connectivity index (χ4v) is 4.82. The summed E-state index contributed by atoms with van der Waals surface area (Å²) in [6.07, 6.45) is 1.04. The summed E-state index contributed by atoms with van der Waals surface area (Å²) in [6, 6.07) is 22.6. The van der Waals surface area contributed by atoms with Crippen LogP contribution in [0.5, 0.6) is 0 Å². The Labute approximate surface area is 203 Å². The summed E-state index contributed by atoms with van der Waals surface area (Å²) in [7, 11) is 0. The third-order valence-electron chi connectivity index (χ3n) is 6.36. The molecule has 0 saturated carbocycles. The normalized spacial score (nSPS) is 14.1. The fraction of sp³-hybridized carbons (Fsp3) is 0.259. The molecule has 0 unspecified atom stereocenters. The third-order valence-corrected chi connectivity index (χ3v) is 6.59. The van der Waals surface area contributed by atoms with Crippen LogP contribution in [0.1, 0.15) is 17.8 Å². The number of imidazole rings is 1. The van der Waals surface area contributed by atoms with Crippen LogP contribution < -0.4 is 4.90 Å². The summed E-state index contributed by atoms with van der Waals surface area (Å²) in [4.78, 5) is 21.8. The van der Waals surface area contributed by atoms with Crippen molar-refractivity contribution < 1.29 is 9.18 Å². The number of hydrogen-bond acceptors (Lipinski definition) is 3. The molecule has 4 aromatic rings. The zero-order valence-electron chi connectivity index (χ0n) is 18.8. The minimum absolute atomic E-state index is 0.111. The van der Waals surface area contributed by atoms with Crippen molar-refractivity contribution in [1.29, 1.82) is 0 Å². The highest BCUT2D eigenvalue weighted by Gasteiger charge is 2.23. The van der Waals surface area contributed by atoms with Gasteiger partial charge in [0.2, 0.25) is 5.91 Å². The lowest BCUT2D eigenvalue weighted by atomic mass is 10.1. The lowest BCUT2D eigenvalue weighted by Gasteiger charge is -2.36. The second kappa shape index (κ2) is 9.85. The van der Waals surface area contributed by atoms with E-state index in [0.717, 1.165) is 22.4 Å². The van der Waals surface area contributed by atoms with Gasteiger partial charge < -0.3 is 14.4 Å². The van der Waals surface area contributed by atoms with E-state index in [4.69, 9.17) is 16.6 Å². The molecule has 1 aliphatic heterocycles. The first-order chi connectivity index (χ1) is 16.6. The Morgan fingerprint density at radius 3 is 2.50 bits per heavy atom. The number of hydrogen-bond donors (Lipinski definition) is 0. The van der Waals surface area contributed by atoms with Crippen molar-refractivity contribution in [2.45, 2.75) is 19.4 Å². The smallest absolute Gasteiger partial charge is 0.224 e. The molecule has 5 nitrogen and oxygen atoms in total. The van der Waals surface area contributed by atoms with E-state index in [-0.39, 0.29) is 11.7 Å². The standard InChI is InChI=1S/C27H26ClFN4O/c28-21-7-5-6-20(18-21)19-26-30-23-9-2-4-11-25(23)33(26)13-12-27(34)32-16-14-31(15-17-32)24-10-3-1-8-22(24)29/h1-11,18H,12-17,19H2. The van der Waals surface area contributed by atoms with Crippen LogP contribution in [0.3, 0.4) is 0 Å². The van der Waals surface area contributed by atoms with Gasteiger partial charge in [-0.15, -0.1) is 0 Å². The highest BCUT2D eigenvalue weighted by Crippen LogP contribution is 2.22. The van der Waals surface area contributed by atoms with Crippen LogP contribution in [0.25, 0.3) is 11.0 Å². The predicted octanol–water partition coefficient (Wildman–Crippen LogP) is 5.16. The molecule has 0 radical (unpaired) electrons. The summed E-state index contributed by atoms with van der Waals surface area (Å²) in [5.74, 6) is 0.807. The minimum Gasteiger partial charge on any atom is -0.366 e. The maximum Gasteiger partial charge on any atom is 0.224 e. The van der Waals surface area contributed by atoms with Gasteiger partial charge in [-0.25, -0.2) is 9.37 Å². The summed E-state index contributed by atoms with van der Waals surface area (Å²) in [5.41, 5.74) is 3.63. The summed E-state index contributed by atoms with van der Waals surface area (Å²) >= 11 is 6.17. The van der Waals surface area contributed by atoms with E-state index in [9.17, 15) is 9.18 Å². The van der Waals surface area contributed by atoms with Gasteiger partial charge in [0, 0.05) is 50.6 Å². The molecule has 1 saturated heterocycles. The van der Waals surface area contributed by atoms with Crippen LogP contribution in [0.2, 0.25) is 5.02 Å². The number of amides is 1. The van der Waals surface area contributed by atoms with Gasteiger partial charge in [-0.3, -0.25) is 4.79 Å². The lowest BCUT2D eigenvalue weighted by Crippen LogP contribution is -2.49. The maximum atomic E-state index is 14.1. The maximum absolute atomic E-state index is 14.1. The summed E-state index contributed by atoms with van der Waals surface area (Å²) in [6.45, 7) is 2.99. The molecule has 1 aliphatic rings. The first-order valence-electron chi connectivity index (χ1n) is 11.5. The van der Waals surface area contributed by atoms with Crippen molar-refractivity contribution in [2.75, 3.05) is 31.1 Å². The van der Waals surface area contributed by atoms with E-state index in [1.807, 2.05) is 64.4 Å². The predicted molar refractivity (Wildman–Crippen MR) is 134 cm³/mol. The molecule has 0 bridgehead atoms. The number of para-hydroxylation sites is 3. The number of aromatic nitrogens is 2. The molecule has 0 spiro atoms. The van der Waals surface area contributed by atoms with Gasteiger partial charge in [-0.1, -0.05) is 48.0 Å². The van der Waals surface area contributed by atoms with E-state index in [1.54, 1.807) is 12.1 Å². The number of fused-ring (bicyclic) bond motifs is 1. The first-order valence-corrected chi connectivity index (χ1v) is 11.9. The number of piperazine rings is 1. The largest absolute Gasteiger partial charge is 0.366 e. The van der Waals surface area contributed by atoms with E-state index in [2.05, 4.69) is 4.57 Å². The van der Waals surface area contributed by atoms with Crippen molar-refractivity contribution in [3.8, 4) is 0 Å². The van der Waals surface area contributed by atoms with Crippen LogP contribution >= 0.6 is 11.6 Å². The number of carbonyl (C=O) groups excluding carboxylic acids is 1. The number of anilines is 1. The lowest BCUT2D eigenvalue weighted by molar-refractivity contribution is -0.131. The van der Waals surface area contributed by atoms with Crippen LogP contribution in [0.15, 0.2) is 72.8 Å². The Morgan fingerprint density at radius 1 is 0.941 bits per heavy atom. The molecule has 174 valence electrons. The van der Waals surface area contributed by atoms with Gasteiger partial charge in [-0.05, 0) is 42.0 Å². The number of aryl methyl sites for hydroxylation is 1. The molecular formula is C27H26ClFN4O.